The number of benzene rings is 1. The zero-order valence-corrected chi connectivity index (χ0v) is 14.0. The fraction of sp³-hybridized carbons (Fsp3) is 0.600. The molecule has 5 nitrogen and oxygen atoms in total. The van der Waals surface area contributed by atoms with E-state index in [0.29, 0.717) is 6.54 Å². The van der Waals surface area contributed by atoms with Crippen LogP contribution in [0.25, 0.3) is 0 Å². The Bertz CT molecular complexity index is 536. The van der Waals surface area contributed by atoms with Gasteiger partial charge in [0.2, 0.25) is 6.79 Å². The van der Waals surface area contributed by atoms with E-state index in [1.165, 1.54) is 0 Å². The molecular weight excluding hydrogens is 336 g/mol. The summed E-state index contributed by atoms with van der Waals surface area (Å²) in [6, 6.07) is 4.25. The van der Waals surface area contributed by atoms with Crippen molar-refractivity contribution in [1.82, 2.24) is 4.90 Å². The summed E-state index contributed by atoms with van der Waals surface area (Å²) in [6.45, 7) is 7.54. The maximum absolute atomic E-state index is 6.08. The number of fused-ring (bicyclic) bond motifs is 1. The highest BCUT2D eigenvalue weighted by molar-refractivity contribution is 9.10. The number of halogens is 1. The smallest absolute Gasteiger partial charge is 0.231 e. The van der Waals surface area contributed by atoms with Crippen molar-refractivity contribution in [2.45, 2.75) is 25.4 Å². The van der Waals surface area contributed by atoms with Crippen molar-refractivity contribution in [2.24, 2.45) is 5.73 Å². The largest absolute Gasteiger partial charge is 0.454 e. The van der Waals surface area contributed by atoms with Crippen LogP contribution in [-0.2, 0) is 4.74 Å². The van der Waals surface area contributed by atoms with Crippen LogP contribution < -0.4 is 15.2 Å². The van der Waals surface area contributed by atoms with Crippen molar-refractivity contribution >= 4 is 15.9 Å². The van der Waals surface area contributed by atoms with Gasteiger partial charge < -0.3 is 19.9 Å². The molecule has 1 fully saturated rings. The van der Waals surface area contributed by atoms with E-state index in [1.807, 2.05) is 6.07 Å². The predicted octanol–water partition coefficient (Wildman–Crippen LogP) is 2.29. The Morgan fingerprint density at radius 1 is 1.38 bits per heavy atom. The van der Waals surface area contributed by atoms with E-state index in [9.17, 15) is 0 Å². The van der Waals surface area contributed by atoms with Gasteiger partial charge in [-0.1, -0.05) is 0 Å². The first-order chi connectivity index (χ1) is 10.0. The van der Waals surface area contributed by atoms with Crippen molar-refractivity contribution in [3.8, 4) is 11.5 Å². The summed E-state index contributed by atoms with van der Waals surface area (Å²) in [6.07, 6.45) is 0. The third-order valence-corrected chi connectivity index (χ3v) is 4.73. The molecule has 1 unspecified atom stereocenters. The monoisotopic (exact) mass is 356 g/mol. The maximum atomic E-state index is 6.08. The second kappa shape index (κ2) is 5.76. The minimum atomic E-state index is -0.0366. The molecule has 0 aliphatic carbocycles. The van der Waals surface area contributed by atoms with E-state index >= 15 is 0 Å². The van der Waals surface area contributed by atoms with Crippen LogP contribution in [0, 0.1) is 0 Å². The van der Waals surface area contributed by atoms with Crippen molar-refractivity contribution in [1.29, 1.82) is 0 Å². The summed E-state index contributed by atoms with van der Waals surface area (Å²) in [7, 11) is 0. The van der Waals surface area contributed by atoms with E-state index in [1.54, 1.807) is 0 Å². The highest BCUT2D eigenvalue weighted by atomic mass is 79.9. The first kappa shape index (κ1) is 15.1. The molecule has 21 heavy (non-hydrogen) atoms. The molecule has 1 aromatic carbocycles. The van der Waals surface area contributed by atoms with Gasteiger partial charge in [-0.05, 0) is 47.5 Å². The Labute approximate surface area is 133 Å². The van der Waals surface area contributed by atoms with Crippen LogP contribution in [0.3, 0.4) is 0 Å². The molecule has 0 bridgehead atoms. The number of rotatable bonds is 3. The summed E-state index contributed by atoms with van der Waals surface area (Å²) >= 11 is 3.56. The number of hydrogen-bond acceptors (Lipinski definition) is 5. The molecular formula is C15H21BrN2O3. The van der Waals surface area contributed by atoms with Crippen LogP contribution in [0.2, 0.25) is 0 Å². The van der Waals surface area contributed by atoms with Gasteiger partial charge in [0, 0.05) is 24.7 Å². The lowest BCUT2D eigenvalue weighted by Gasteiger charge is -2.46. The van der Waals surface area contributed by atoms with E-state index in [2.05, 4.69) is 40.7 Å². The molecule has 0 saturated carbocycles. The van der Waals surface area contributed by atoms with Gasteiger partial charge in [0.15, 0.2) is 11.5 Å². The lowest BCUT2D eigenvalue weighted by molar-refractivity contribution is -0.0713. The van der Waals surface area contributed by atoms with Gasteiger partial charge in [-0.3, -0.25) is 4.90 Å². The Morgan fingerprint density at radius 2 is 2.19 bits per heavy atom. The minimum absolute atomic E-state index is 0.0366. The van der Waals surface area contributed by atoms with E-state index in [-0.39, 0.29) is 18.4 Å². The fourth-order valence-electron chi connectivity index (χ4n) is 3.07. The average Bonchev–Trinajstić information content (AvgIpc) is 2.90. The molecule has 2 aliphatic heterocycles. The van der Waals surface area contributed by atoms with Gasteiger partial charge in [-0.15, -0.1) is 0 Å². The zero-order chi connectivity index (χ0) is 15.0. The normalized spacial score (nSPS) is 22.3. The Morgan fingerprint density at radius 3 is 2.90 bits per heavy atom. The van der Waals surface area contributed by atoms with Crippen molar-refractivity contribution < 1.29 is 14.2 Å². The van der Waals surface area contributed by atoms with Gasteiger partial charge in [-0.2, -0.15) is 0 Å². The zero-order valence-electron chi connectivity index (χ0n) is 12.4. The van der Waals surface area contributed by atoms with E-state index in [4.69, 9.17) is 19.9 Å². The van der Waals surface area contributed by atoms with Crippen LogP contribution in [0.15, 0.2) is 16.6 Å². The average molecular weight is 357 g/mol. The quantitative estimate of drug-likeness (QED) is 0.900. The summed E-state index contributed by atoms with van der Waals surface area (Å²) in [5.41, 5.74) is 7.19. The molecule has 1 saturated heterocycles. The second-order valence-electron chi connectivity index (χ2n) is 6.05. The molecule has 2 heterocycles. The molecule has 116 valence electrons. The highest BCUT2D eigenvalue weighted by Gasteiger charge is 2.36. The topological polar surface area (TPSA) is 57.0 Å². The fourth-order valence-corrected chi connectivity index (χ4v) is 3.65. The van der Waals surface area contributed by atoms with E-state index in [0.717, 1.165) is 41.3 Å². The Hall–Kier alpha value is -0.820. The minimum Gasteiger partial charge on any atom is -0.454 e. The number of nitrogens with zero attached hydrogens (tertiary/aromatic N) is 1. The lowest BCUT2D eigenvalue weighted by Crippen LogP contribution is -2.55. The van der Waals surface area contributed by atoms with Gasteiger partial charge in [0.25, 0.3) is 0 Å². The summed E-state index contributed by atoms with van der Waals surface area (Å²) < 4.78 is 17.5. The van der Waals surface area contributed by atoms with Gasteiger partial charge in [-0.25, -0.2) is 0 Å². The molecule has 1 aromatic rings. The summed E-state index contributed by atoms with van der Waals surface area (Å²) in [5, 5.41) is 0. The Kier molecular flexibility index (Phi) is 4.14. The standard InChI is InChI=1S/C15H21BrN2O3/c1-15(2)8-19-4-3-18(15)12(7-17)10-5-11(16)14-13(6-10)20-9-21-14/h5-6,12H,3-4,7-9,17H2,1-2H3. The molecule has 3 rings (SSSR count). The summed E-state index contributed by atoms with van der Waals surface area (Å²) in [5.74, 6) is 1.56. The molecule has 0 amide bonds. The molecule has 2 N–H and O–H groups in total. The summed E-state index contributed by atoms with van der Waals surface area (Å²) in [4.78, 5) is 2.42. The third-order valence-electron chi connectivity index (χ3n) is 4.14. The van der Waals surface area contributed by atoms with Gasteiger partial charge in [0.1, 0.15) is 0 Å². The number of hydrogen-bond donors (Lipinski definition) is 1. The van der Waals surface area contributed by atoms with Gasteiger partial charge >= 0.3 is 0 Å². The van der Waals surface area contributed by atoms with Crippen LogP contribution in [0.4, 0.5) is 0 Å². The number of morpholine rings is 1. The molecule has 2 aliphatic rings. The van der Waals surface area contributed by atoms with Crippen LogP contribution in [0.1, 0.15) is 25.5 Å². The van der Waals surface area contributed by atoms with E-state index < -0.39 is 0 Å². The maximum Gasteiger partial charge on any atom is 0.231 e. The molecule has 0 spiro atoms. The number of ether oxygens (including phenoxy) is 3. The number of nitrogens with two attached hydrogens (primary N) is 1. The van der Waals surface area contributed by atoms with Crippen molar-refractivity contribution in [3.05, 3.63) is 22.2 Å². The van der Waals surface area contributed by atoms with Crippen LogP contribution in [0.5, 0.6) is 11.5 Å². The molecule has 0 radical (unpaired) electrons. The van der Waals surface area contributed by atoms with Gasteiger partial charge in [0.05, 0.1) is 17.7 Å². The SMILES string of the molecule is CC1(C)COCCN1C(CN)c1cc(Br)c2c(c1)OCO2. The first-order valence-corrected chi connectivity index (χ1v) is 7.96. The Balaban J connectivity index is 1.95. The highest BCUT2D eigenvalue weighted by Crippen LogP contribution is 2.42. The molecule has 0 aromatic heterocycles. The van der Waals surface area contributed by atoms with Crippen molar-refractivity contribution in [2.75, 3.05) is 33.1 Å². The van der Waals surface area contributed by atoms with Crippen LogP contribution in [-0.4, -0.2) is 43.5 Å². The second-order valence-corrected chi connectivity index (χ2v) is 6.90. The van der Waals surface area contributed by atoms with Crippen molar-refractivity contribution in [3.63, 3.8) is 0 Å². The van der Waals surface area contributed by atoms with Crippen LogP contribution >= 0.6 is 15.9 Å². The third kappa shape index (κ3) is 2.77. The first-order valence-electron chi connectivity index (χ1n) is 7.16. The molecule has 1 atom stereocenters. The lowest BCUT2D eigenvalue weighted by atomic mass is 9.95. The predicted molar refractivity (Wildman–Crippen MR) is 83.7 cm³/mol. The molecule has 6 heteroatoms.